The Morgan fingerprint density at radius 3 is 2.13 bits per heavy atom. The number of hydroxylamine groups is 1. The number of amides is 2. The zero-order valence-corrected chi connectivity index (χ0v) is 16.6. The van der Waals surface area contributed by atoms with Crippen molar-refractivity contribution in [1.29, 1.82) is 0 Å². The summed E-state index contributed by atoms with van der Waals surface area (Å²) in [4.78, 5) is 33.8. The molecule has 5 rings (SSSR count). The lowest BCUT2D eigenvalue weighted by atomic mass is 9.90. The van der Waals surface area contributed by atoms with Gasteiger partial charge in [-0.3, -0.25) is 14.4 Å². The minimum absolute atomic E-state index is 0.331. The highest BCUT2D eigenvalue weighted by atomic mass is 19.1. The number of methoxy groups -OCH3 is 1. The van der Waals surface area contributed by atoms with Crippen LogP contribution in [0.25, 0.3) is 0 Å². The summed E-state index contributed by atoms with van der Waals surface area (Å²) < 4.78 is 18.6. The van der Waals surface area contributed by atoms with Crippen molar-refractivity contribution >= 4 is 23.2 Å². The third-order valence-corrected chi connectivity index (χ3v) is 5.67. The third kappa shape index (κ3) is 3.14. The minimum Gasteiger partial charge on any atom is -0.497 e. The van der Waals surface area contributed by atoms with E-state index in [9.17, 15) is 14.0 Å². The molecule has 0 N–H and O–H groups in total. The van der Waals surface area contributed by atoms with Crippen LogP contribution in [0.3, 0.4) is 0 Å². The van der Waals surface area contributed by atoms with Crippen LogP contribution in [-0.4, -0.2) is 25.0 Å². The van der Waals surface area contributed by atoms with E-state index in [1.54, 1.807) is 24.3 Å². The fraction of sp³-hybridized carbons (Fsp3) is 0.167. The van der Waals surface area contributed by atoms with Crippen molar-refractivity contribution in [2.24, 2.45) is 5.92 Å². The summed E-state index contributed by atoms with van der Waals surface area (Å²) in [5, 5.41) is 1.63. The Morgan fingerprint density at radius 1 is 0.839 bits per heavy atom. The molecule has 2 aliphatic heterocycles. The molecule has 7 heteroatoms. The fourth-order valence-corrected chi connectivity index (χ4v) is 4.20. The number of benzene rings is 3. The van der Waals surface area contributed by atoms with Crippen LogP contribution < -0.4 is 14.7 Å². The van der Waals surface area contributed by atoms with Crippen LogP contribution in [0.2, 0.25) is 0 Å². The van der Waals surface area contributed by atoms with E-state index in [1.165, 1.54) is 24.3 Å². The molecule has 2 heterocycles. The van der Waals surface area contributed by atoms with E-state index in [1.807, 2.05) is 42.5 Å². The van der Waals surface area contributed by atoms with E-state index in [0.29, 0.717) is 17.1 Å². The van der Waals surface area contributed by atoms with Gasteiger partial charge in [0.25, 0.3) is 5.91 Å². The van der Waals surface area contributed by atoms with E-state index in [4.69, 9.17) is 9.57 Å². The lowest BCUT2D eigenvalue weighted by molar-refractivity contribution is -0.126. The highest BCUT2D eigenvalue weighted by molar-refractivity contribution is 6.23. The molecule has 0 radical (unpaired) electrons. The van der Waals surface area contributed by atoms with Crippen molar-refractivity contribution < 1.29 is 23.6 Å². The van der Waals surface area contributed by atoms with Crippen LogP contribution in [0.4, 0.5) is 15.8 Å². The normalized spacial score (nSPS) is 22.7. The molecular weight excluding hydrogens is 399 g/mol. The van der Waals surface area contributed by atoms with Crippen LogP contribution in [0.15, 0.2) is 78.9 Å². The molecule has 0 bridgehead atoms. The monoisotopic (exact) mass is 418 g/mol. The van der Waals surface area contributed by atoms with Crippen LogP contribution in [0, 0.1) is 11.7 Å². The quantitative estimate of drug-likeness (QED) is 0.602. The SMILES string of the molecule is COc1ccc(N2O[C@@H]3C(=O)N(c4ccc(F)cc4)C(=O)[C@H]3[C@@H]2c2ccccc2)cc1. The van der Waals surface area contributed by atoms with E-state index in [0.717, 1.165) is 10.5 Å². The van der Waals surface area contributed by atoms with Crippen LogP contribution in [0.5, 0.6) is 5.75 Å². The number of hydrogen-bond acceptors (Lipinski definition) is 5. The molecular formula is C24H19FN2O4. The first kappa shape index (κ1) is 19.3. The number of fused-ring (bicyclic) bond motifs is 1. The van der Waals surface area contributed by atoms with Gasteiger partial charge in [0.1, 0.15) is 17.5 Å². The molecule has 156 valence electrons. The number of nitrogens with zero attached hydrogens (tertiary/aromatic N) is 2. The summed E-state index contributed by atoms with van der Waals surface area (Å²) in [6.07, 6.45) is -0.968. The number of anilines is 2. The molecule has 0 spiro atoms. The summed E-state index contributed by atoms with van der Waals surface area (Å²) in [6.45, 7) is 0. The Hall–Kier alpha value is -3.71. The summed E-state index contributed by atoms with van der Waals surface area (Å²) >= 11 is 0. The van der Waals surface area contributed by atoms with Gasteiger partial charge in [0, 0.05) is 0 Å². The summed E-state index contributed by atoms with van der Waals surface area (Å²) in [7, 11) is 1.58. The predicted molar refractivity (Wildman–Crippen MR) is 112 cm³/mol. The van der Waals surface area contributed by atoms with Crippen molar-refractivity contribution in [2.75, 3.05) is 17.1 Å². The fourth-order valence-electron chi connectivity index (χ4n) is 4.20. The lowest BCUT2D eigenvalue weighted by Crippen LogP contribution is -2.37. The second-order valence-electron chi connectivity index (χ2n) is 7.42. The Kier molecular flexibility index (Phi) is 4.67. The third-order valence-electron chi connectivity index (χ3n) is 5.67. The summed E-state index contributed by atoms with van der Waals surface area (Å²) in [5.41, 5.74) is 1.89. The zero-order valence-electron chi connectivity index (χ0n) is 16.6. The molecule has 31 heavy (non-hydrogen) atoms. The molecule has 0 aliphatic carbocycles. The van der Waals surface area contributed by atoms with Gasteiger partial charge >= 0.3 is 0 Å². The van der Waals surface area contributed by atoms with Gasteiger partial charge in [0.15, 0.2) is 6.10 Å². The molecule has 0 unspecified atom stereocenters. The van der Waals surface area contributed by atoms with Crippen molar-refractivity contribution in [2.45, 2.75) is 12.1 Å². The van der Waals surface area contributed by atoms with Crippen LogP contribution in [-0.2, 0) is 14.4 Å². The van der Waals surface area contributed by atoms with Gasteiger partial charge in [-0.15, -0.1) is 0 Å². The second-order valence-corrected chi connectivity index (χ2v) is 7.42. The van der Waals surface area contributed by atoms with Crippen molar-refractivity contribution in [3.63, 3.8) is 0 Å². The first-order valence-electron chi connectivity index (χ1n) is 9.87. The van der Waals surface area contributed by atoms with E-state index in [-0.39, 0.29) is 5.91 Å². The van der Waals surface area contributed by atoms with Gasteiger partial charge in [-0.1, -0.05) is 30.3 Å². The number of rotatable bonds is 4. The van der Waals surface area contributed by atoms with Gasteiger partial charge in [-0.05, 0) is 54.1 Å². The smallest absolute Gasteiger partial charge is 0.266 e. The molecule has 2 amide bonds. The number of ether oxygens (including phenoxy) is 1. The molecule has 3 aromatic rings. The number of imide groups is 1. The molecule has 0 aromatic heterocycles. The molecule has 6 nitrogen and oxygen atoms in total. The van der Waals surface area contributed by atoms with Crippen molar-refractivity contribution in [3.8, 4) is 5.75 Å². The molecule has 2 aliphatic rings. The average molecular weight is 418 g/mol. The highest BCUT2D eigenvalue weighted by Crippen LogP contribution is 2.47. The first-order valence-corrected chi connectivity index (χ1v) is 9.87. The first-order chi connectivity index (χ1) is 15.1. The largest absolute Gasteiger partial charge is 0.497 e. The predicted octanol–water partition coefficient (Wildman–Crippen LogP) is 3.89. The second kappa shape index (κ2) is 7.52. The molecule has 2 fully saturated rings. The zero-order chi connectivity index (χ0) is 21.5. The van der Waals surface area contributed by atoms with Gasteiger partial charge in [0.2, 0.25) is 5.91 Å². The van der Waals surface area contributed by atoms with Crippen molar-refractivity contribution in [1.82, 2.24) is 0 Å². The van der Waals surface area contributed by atoms with Gasteiger partial charge in [0.05, 0.1) is 24.5 Å². The van der Waals surface area contributed by atoms with Crippen molar-refractivity contribution in [3.05, 3.63) is 90.2 Å². The molecule has 2 saturated heterocycles. The maximum absolute atomic E-state index is 13.4. The van der Waals surface area contributed by atoms with Crippen LogP contribution >= 0.6 is 0 Å². The van der Waals surface area contributed by atoms with Gasteiger partial charge in [-0.2, -0.15) is 0 Å². The van der Waals surface area contributed by atoms with E-state index >= 15 is 0 Å². The minimum atomic E-state index is -0.968. The van der Waals surface area contributed by atoms with Crippen LogP contribution in [0.1, 0.15) is 11.6 Å². The standard InChI is InChI=1S/C24H19FN2O4/c1-30-19-13-11-18(12-14-19)27-21(15-5-3-2-4-6-15)20-22(31-27)24(29)26(23(20)28)17-9-7-16(25)8-10-17/h2-14,20-22H,1H3/t20-,21-,22-/m0/s1. The number of carbonyl (C=O) groups is 2. The lowest BCUT2D eigenvalue weighted by Gasteiger charge is -2.28. The average Bonchev–Trinajstić information content (AvgIpc) is 3.31. The van der Waals surface area contributed by atoms with Gasteiger partial charge < -0.3 is 4.74 Å². The van der Waals surface area contributed by atoms with Gasteiger partial charge in [-0.25, -0.2) is 14.4 Å². The Morgan fingerprint density at radius 2 is 1.48 bits per heavy atom. The Labute approximate surface area is 178 Å². The topological polar surface area (TPSA) is 59.1 Å². The number of carbonyl (C=O) groups excluding carboxylic acids is 2. The number of hydrogen-bond donors (Lipinski definition) is 0. The number of halogens is 1. The maximum atomic E-state index is 13.4. The molecule has 0 saturated carbocycles. The van der Waals surface area contributed by atoms with E-state index < -0.39 is 29.8 Å². The summed E-state index contributed by atoms with van der Waals surface area (Å²) in [5.74, 6) is -1.31. The summed E-state index contributed by atoms with van der Waals surface area (Å²) in [6, 6.07) is 21.5. The highest BCUT2D eigenvalue weighted by Gasteiger charge is 2.60. The molecule has 3 atom stereocenters. The molecule has 3 aromatic carbocycles. The Balaban J connectivity index is 1.55. The Bertz CT molecular complexity index is 1120. The van der Waals surface area contributed by atoms with E-state index in [2.05, 4.69) is 0 Å². The maximum Gasteiger partial charge on any atom is 0.266 e.